The van der Waals surface area contributed by atoms with Crippen molar-refractivity contribution in [1.82, 2.24) is 24.1 Å². The van der Waals surface area contributed by atoms with Gasteiger partial charge in [-0.1, -0.05) is 0 Å². The zero-order chi connectivity index (χ0) is 14.5. The number of imidazole rings is 2. The quantitative estimate of drug-likeness (QED) is 0.498. The number of hydrogen-bond donors (Lipinski definition) is 0. The fourth-order valence-corrected chi connectivity index (χ4v) is 2.71. The molecule has 0 aliphatic rings. The van der Waals surface area contributed by atoms with Gasteiger partial charge in [0, 0.05) is 44.0 Å². The lowest BCUT2D eigenvalue weighted by Gasteiger charge is -2.08. The Morgan fingerprint density at radius 2 is 2.00 bits per heavy atom. The van der Waals surface area contributed by atoms with Gasteiger partial charge in [-0.05, 0) is 18.9 Å². The van der Waals surface area contributed by atoms with Crippen molar-refractivity contribution in [3.8, 4) is 0 Å². The molecule has 0 saturated heterocycles. The average molecular weight is 304 g/mol. The Morgan fingerprint density at radius 1 is 1.10 bits per heavy atom. The summed E-state index contributed by atoms with van der Waals surface area (Å²) >= 11 is 5.89. The van der Waals surface area contributed by atoms with Crippen LogP contribution >= 0.6 is 11.6 Å². The minimum Gasteiger partial charge on any atom is -0.337 e. The van der Waals surface area contributed by atoms with Gasteiger partial charge in [-0.15, -0.1) is 11.6 Å². The number of aromatic nitrogens is 5. The molecule has 0 N–H and O–H groups in total. The van der Waals surface area contributed by atoms with E-state index in [0.717, 1.165) is 49.2 Å². The molecule has 0 aliphatic heterocycles. The first kappa shape index (κ1) is 14.1. The molecular weight excluding hydrogens is 286 g/mol. The van der Waals surface area contributed by atoms with Crippen molar-refractivity contribution in [2.45, 2.75) is 32.4 Å². The lowest BCUT2D eigenvalue weighted by molar-refractivity contribution is 0.549. The highest BCUT2D eigenvalue weighted by molar-refractivity contribution is 6.17. The van der Waals surface area contributed by atoms with Crippen molar-refractivity contribution in [2.24, 2.45) is 0 Å². The standard InChI is InChI=1S/C15H18ClN5/c16-5-3-15-19-13-11-17-6-4-14(13)21(15)9-2-1-8-20-10-7-18-12-20/h4,6-7,10-12H,1-3,5,8-9H2. The van der Waals surface area contributed by atoms with Gasteiger partial charge in [-0.25, -0.2) is 9.97 Å². The van der Waals surface area contributed by atoms with Crippen LogP contribution in [0.4, 0.5) is 0 Å². The van der Waals surface area contributed by atoms with Crippen LogP contribution < -0.4 is 0 Å². The summed E-state index contributed by atoms with van der Waals surface area (Å²) in [4.78, 5) is 12.8. The lowest BCUT2D eigenvalue weighted by Crippen LogP contribution is -2.06. The molecule has 3 heterocycles. The summed E-state index contributed by atoms with van der Waals surface area (Å²) in [5.41, 5.74) is 2.10. The third-order valence-corrected chi connectivity index (χ3v) is 3.74. The molecule has 110 valence electrons. The molecule has 0 aromatic carbocycles. The molecule has 5 nitrogen and oxygen atoms in total. The molecule has 0 atom stereocenters. The molecule has 0 unspecified atom stereocenters. The number of pyridine rings is 1. The predicted octanol–water partition coefficient (Wildman–Crippen LogP) is 2.89. The normalized spacial score (nSPS) is 11.3. The largest absolute Gasteiger partial charge is 0.337 e. The average Bonchev–Trinajstić information content (AvgIpc) is 3.12. The van der Waals surface area contributed by atoms with Gasteiger partial charge in [0.1, 0.15) is 11.3 Å². The first-order valence-electron chi connectivity index (χ1n) is 7.19. The lowest BCUT2D eigenvalue weighted by atomic mass is 10.3. The Balaban J connectivity index is 1.68. The van der Waals surface area contributed by atoms with E-state index in [-0.39, 0.29) is 0 Å². The minimum absolute atomic E-state index is 0.589. The zero-order valence-corrected chi connectivity index (χ0v) is 12.6. The SMILES string of the molecule is ClCCc1nc2cnccc2n1CCCCn1ccnc1. The number of unbranched alkanes of at least 4 members (excludes halogenated alkanes) is 1. The van der Waals surface area contributed by atoms with Crippen LogP contribution in [0, 0.1) is 0 Å². The molecule has 3 aromatic rings. The first-order valence-corrected chi connectivity index (χ1v) is 7.73. The topological polar surface area (TPSA) is 48.5 Å². The zero-order valence-electron chi connectivity index (χ0n) is 11.8. The number of aryl methyl sites for hydroxylation is 3. The number of halogens is 1. The van der Waals surface area contributed by atoms with Crippen LogP contribution in [0.25, 0.3) is 11.0 Å². The van der Waals surface area contributed by atoms with Crippen molar-refractivity contribution >= 4 is 22.6 Å². The highest BCUT2D eigenvalue weighted by atomic mass is 35.5. The highest BCUT2D eigenvalue weighted by Crippen LogP contribution is 2.17. The van der Waals surface area contributed by atoms with Crippen molar-refractivity contribution in [3.63, 3.8) is 0 Å². The molecule has 3 aromatic heterocycles. The molecule has 0 spiro atoms. The second-order valence-corrected chi connectivity index (χ2v) is 5.37. The van der Waals surface area contributed by atoms with Gasteiger partial charge in [0.25, 0.3) is 0 Å². The Bertz CT molecular complexity index is 689. The fourth-order valence-electron chi connectivity index (χ4n) is 2.54. The first-order chi connectivity index (χ1) is 10.4. The molecular formula is C15H18ClN5. The smallest absolute Gasteiger partial charge is 0.111 e. The molecule has 21 heavy (non-hydrogen) atoms. The molecule has 0 fully saturated rings. The van der Waals surface area contributed by atoms with Gasteiger partial charge in [0.15, 0.2) is 0 Å². The summed E-state index contributed by atoms with van der Waals surface area (Å²) in [6.45, 7) is 1.96. The number of rotatable bonds is 7. The van der Waals surface area contributed by atoms with E-state index in [4.69, 9.17) is 11.6 Å². The summed E-state index contributed by atoms with van der Waals surface area (Å²) in [6, 6.07) is 2.02. The second-order valence-electron chi connectivity index (χ2n) is 4.99. The van der Waals surface area contributed by atoms with Crippen LogP contribution in [0.3, 0.4) is 0 Å². The van der Waals surface area contributed by atoms with E-state index in [1.54, 1.807) is 0 Å². The summed E-state index contributed by atoms with van der Waals surface area (Å²) in [5.74, 6) is 1.64. The Labute approximate surface area is 128 Å². The summed E-state index contributed by atoms with van der Waals surface area (Å²) in [6.07, 6.45) is 12.3. The number of nitrogens with zero attached hydrogens (tertiary/aromatic N) is 5. The third kappa shape index (κ3) is 3.24. The summed E-state index contributed by atoms with van der Waals surface area (Å²) < 4.78 is 4.38. The van der Waals surface area contributed by atoms with E-state index in [1.165, 1.54) is 0 Å². The van der Waals surface area contributed by atoms with E-state index in [9.17, 15) is 0 Å². The Hall–Kier alpha value is -1.88. The molecule has 0 amide bonds. The van der Waals surface area contributed by atoms with Crippen molar-refractivity contribution in [1.29, 1.82) is 0 Å². The van der Waals surface area contributed by atoms with Gasteiger partial charge >= 0.3 is 0 Å². The van der Waals surface area contributed by atoms with Gasteiger partial charge in [-0.3, -0.25) is 4.98 Å². The molecule has 6 heteroatoms. The maximum absolute atomic E-state index is 5.89. The molecule has 0 aliphatic carbocycles. The van der Waals surface area contributed by atoms with Gasteiger partial charge in [-0.2, -0.15) is 0 Å². The van der Waals surface area contributed by atoms with Crippen LogP contribution in [0.1, 0.15) is 18.7 Å². The number of alkyl halides is 1. The summed E-state index contributed by atoms with van der Waals surface area (Å²) in [7, 11) is 0. The predicted molar refractivity (Wildman–Crippen MR) is 83.4 cm³/mol. The van der Waals surface area contributed by atoms with Crippen LogP contribution in [0.5, 0.6) is 0 Å². The van der Waals surface area contributed by atoms with Gasteiger partial charge in [0.2, 0.25) is 0 Å². The molecule has 0 bridgehead atoms. The van der Waals surface area contributed by atoms with E-state index in [0.29, 0.717) is 5.88 Å². The van der Waals surface area contributed by atoms with Crippen molar-refractivity contribution in [2.75, 3.05) is 5.88 Å². The molecule has 0 radical (unpaired) electrons. The van der Waals surface area contributed by atoms with E-state index in [1.807, 2.05) is 37.2 Å². The number of fused-ring (bicyclic) bond motifs is 1. The fraction of sp³-hybridized carbons (Fsp3) is 0.400. The summed E-state index contributed by atoms with van der Waals surface area (Å²) in [5, 5.41) is 0. The van der Waals surface area contributed by atoms with Gasteiger partial charge in [0.05, 0.1) is 18.0 Å². The molecule has 3 rings (SSSR count). The van der Waals surface area contributed by atoms with Crippen LogP contribution in [0.15, 0.2) is 37.2 Å². The monoisotopic (exact) mass is 303 g/mol. The van der Waals surface area contributed by atoms with Crippen molar-refractivity contribution in [3.05, 3.63) is 43.0 Å². The Kier molecular flexibility index (Phi) is 4.50. The minimum atomic E-state index is 0.589. The maximum Gasteiger partial charge on any atom is 0.111 e. The van der Waals surface area contributed by atoms with E-state index >= 15 is 0 Å². The number of hydrogen-bond acceptors (Lipinski definition) is 3. The van der Waals surface area contributed by atoms with Gasteiger partial charge < -0.3 is 9.13 Å². The van der Waals surface area contributed by atoms with Crippen LogP contribution in [-0.4, -0.2) is 30.0 Å². The third-order valence-electron chi connectivity index (χ3n) is 3.55. The maximum atomic E-state index is 5.89. The van der Waals surface area contributed by atoms with E-state index in [2.05, 4.69) is 24.1 Å². The van der Waals surface area contributed by atoms with E-state index < -0.39 is 0 Å². The van der Waals surface area contributed by atoms with Crippen molar-refractivity contribution < 1.29 is 0 Å². The van der Waals surface area contributed by atoms with Crippen LogP contribution in [0.2, 0.25) is 0 Å². The highest BCUT2D eigenvalue weighted by Gasteiger charge is 2.09. The Morgan fingerprint density at radius 3 is 2.81 bits per heavy atom. The second kappa shape index (κ2) is 6.72. The van der Waals surface area contributed by atoms with Crippen LogP contribution in [-0.2, 0) is 19.5 Å². The molecule has 0 saturated carbocycles.